The molecule has 1 unspecified atom stereocenters. The Balaban J connectivity index is 1.17. The van der Waals surface area contributed by atoms with Crippen molar-refractivity contribution in [1.29, 1.82) is 0 Å². The number of likely N-dealkylation sites (tertiary alicyclic amines) is 1. The minimum Gasteiger partial charge on any atom is -0.398 e. The van der Waals surface area contributed by atoms with Crippen molar-refractivity contribution in [3.05, 3.63) is 63.1 Å². The van der Waals surface area contributed by atoms with E-state index in [-0.39, 0.29) is 29.6 Å². The first-order valence-electron chi connectivity index (χ1n) is 11.7. The molecule has 8 nitrogen and oxygen atoms in total. The van der Waals surface area contributed by atoms with E-state index in [2.05, 4.69) is 10.3 Å². The van der Waals surface area contributed by atoms with E-state index in [4.69, 9.17) is 15.6 Å². The molecule has 1 saturated heterocycles. The van der Waals surface area contributed by atoms with Crippen molar-refractivity contribution in [1.82, 2.24) is 19.7 Å². The highest BCUT2D eigenvalue weighted by atomic mass is 32.1. The van der Waals surface area contributed by atoms with Gasteiger partial charge in [0.1, 0.15) is 18.1 Å². The third-order valence-electron chi connectivity index (χ3n) is 6.65. The molecule has 13 heteroatoms. The molecule has 0 spiro atoms. The summed E-state index contributed by atoms with van der Waals surface area (Å²) in [5, 5.41) is 10.5. The van der Waals surface area contributed by atoms with E-state index in [0.29, 0.717) is 49.4 Å². The third-order valence-corrected chi connectivity index (χ3v) is 7.66. The minimum atomic E-state index is -4.55. The van der Waals surface area contributed by atoms with Crippen LogP contribution in [-0.4, -0.2) is 44.4 Å². The van der Waals surface area contributed by atoms with E-state index < -0.39 is 23.8 Å². The molecule has 2 aromatic heterocycles. The number of halogens is 4. The molecular weight excluding hydrogens is 512 g/mol. The largest absolute Gasteiger partial charge is 0.435 e. The zero-order valence-electron chi connectivity index (χ0n) is 19.8. The van der Waals surface area contributed by atoms with E-state index >= 15 is 0 Å². The van der Waals surface area contributed by atoms with Crippen molar-refractivity contribution in [2.75, 3.05) is 18.8 Å². The first-order valence-corrected chi connectivity index (χ1v) is 12.6. The fraction of sp³-hybridized carbons (Fsp3) is 0.417. The predicted octanol–water partition coefficient (Wildman–Crippen LogP) is 4.66. The van der Waals surface area contributed by atoms with Crippen LogP contribution in [0.1, 0.15) is 58.9 Å². The van der Waals surface area contributed by atoms with Gasteiger partial charge in [0, 0.05) is 42.2 Å². The normalized spacial score (nSPS) is 18.7. The zero-order valence-corrected chi connectivity index (χ0v) is 20.7. The third kappa shape index (κ3) is 5.17. The van der Waals surface area contributed by atoms with Gasteiger partial charge in [-0.1, -0.05) is 11.2 Å². The molecule has 1 fully saturated rings. The van der Waals surface area contributed by atoms with Crippen LogP contribution < -0.4 is 5.73 Å². The molecule has 1 aromatic carbocycles. The molecular formula is C24H24F4N6O2S. The van der Waals surface area contributed by atoms with Gasteiger partial charge >= 0.3 is 6.18 Å². The molecule has 1 amide bonds. The fourth-order valence-electron chi connectivity index (χ4n) is 4.60. The number of carbonyl (C=O) groups is 1. The number of anilines is 1. The van der Waals surface area contributed by atoms with Gasteiger partial charge in [0.15, 0.2) is 11.8 Å². The molecule has 0 saturated carbocycles. The van der Waals surface area contributed by atoms with Gasteiger partial charge in [-0.05, 0) is 38.0 Å². The summed E-state index contributed by atoms with van der Waals surface area (Å²) in [6.07, 6.45) is -3.44. The second-order valence-corrected chi connectivity index (χ2v) is 10.0. The molecule has 3 aromatic rings. The first-order chi connectivity index (χ1) is 17.6. The molecule has 2 N–H and O–H groups in total. The van der Waals surface area contributed by atoms with Crippen LogP contribution in [0.4, 0.5) is 23.2 Å². The number of rotatable bonds is 5. The van der Waals surface area contributed by atoms with Gasteiger partial charge < -0.3 is 15.5 Å². The number of alkyl halides is 3. The molecule has 2 aliphatic rings. The zero-order chi connectivity index (χ0) is 26.3. The van der Waals surface area contributed by atoms with Crippen LogP contribution in [0.15, 0.2) is 34.8 Å². The number of aryl methyl sites for hydroxylation is 1. The summed E-state index contributed by atoms with van der Waals surface area (Å²) in [6.45, 7) is 2.21. The Morgan fingerprint density at radius 3 is 2.70 bits per heavy atom. The van der Waals surface area contributed by atoms with Gasteiger partial charge in [-0.25, -0.2) is 9.37 Å². The van der Waals surface area contributed by atoms with Gasteiger partial charge in [-0.2, -0.15) is 18.3 Å². The van der Waals surface area contributed by atoms with Crippen LogP contribution in [0.5, 0.6) is 0 Å². The SMILES string of the molecule is Cc1cc(C(F)(F)F)nn1CC(=O)N1CCC(c2nc(C3=NOC(c4c(N)cccc4F)C3)cs2)CC1. The van der Waals surface area contributed by atoms with Gasteiger partial charge in [-0.3, -0.25) is 9.48 Å². The first kappa shape index (κ1) is 25.2. The Hall–Kier alpha value is -3.48. The Morgan fingerprint density at radius 1 is 1.27 bits per heavy atom. The number of oxime groups is 1. The summed E-state index contributed by atoms with van der Waals surface area (Å²) in [5.74, 6) is -0.564. The predicted molar refractivity (Wildman–Crippen MR) is 128 cm³/mol. The molecule has 2 aliphatic heterocycles. The van der Waals surface area contributed by atoms with E-state index in [9.17, 15) is 22.4 Å². The van der Waals surface area contributed by atoms with Crippen LogP contribution in [0, 0.1) is 12.7 Å². The molecule has 5 rings (SSSR count). The molecule has 0 aliphatic carbocycles. The lowest BCUT2D eigenvalue weighted by atomic mass is 9.97. The van der Waals surface area contributed by atoms with Crippen LogP contribution in [0.2, 0.25) is 0 Å². The minimum absolute atomic E-state index is 0.145. The molecule has 0 radical (unpaired) electrons. The van der Waals surface area contributed by atoms with Crippen LogP contribution in [0.3, 0.4) is 0 Å². The van der Waals surface area contributed by atoms with Crippen LogP contribution in [-0.2, 0) is 22.4 Å². The topological polar surface area (TPSA) is 98.6 Å². The number of benzene rings is 1. The van der Waals surface area contributed by atoms with Gasteiger partial charge in [-0.15, -0.1) is 11.3 Å². The summed E-state index contributed by atoms with van der Waals surface area (Å²) < 4.78 is 54.0. The lowest BCUT2D eigenvalue weighted by molar-refractivity contribution is -0.142. The fourth-order valence-corrected chi connectivity index (χ4v) is 5.60. The Labute approximate surface area is 213 Å². The quantitative estimate of drug-likeness (QED) is 0.378. The molecule has 0 bridgehead atoms. The van der Waals surface area contributed by atoms with E-state index in [1.54, 1.807) is 17.0 Å². The number of thiazole rings is 1. The number of nitrogen functional groups attached to an aromatic ring is 1. The van der Waals surface area contributed by atoms with E-state index in [0.717, 1.165) is 15.8 Å². The number of amides is 1. The number of piperidine rings is 1. The van der Waals surface area contributed by atoms with Gasteiger partial charge in [0.05, 0.1) is 16.3 Å². The molecule has 196 valence electrons. The van der Waals surface area contributed by atoms with Gasteiger partial charge in [0.25, 0.3) is 0 Å². The highest BCUT2D eigenvalue weighted by molar-refractivity contribution is 7.10. The Kier molecular flexibility index (Phi) is 6.65. The smallest absolute Gasteiger partial charge is 0.398 e. The maximum atomic E-state index is 14.3. The lowest BCUT2D eigenvalue weighted by Crippen LogP contribution is -2.40. The molecule has 4 heterocycles. The van der Waals surface area contributed by atoms with E-state index in [1.165, 1.54) is 24.3 Å². The van der Waals surface area contributed by atoms with Gasteiger partial charge in [0.2, 0.25) is 5.91 Å². The average Bonchev–Trinajstić information content (AvgIpc) is 3.59. The Bertz CT molecular complexity index is 1320. The number of carbonyl (C=O) groups excluding carboxylic acids is 1. The number of nitrogens with two attached hydrogens (primary N) is 1. The number of hydrogen-bond acceptors (Lipinski definition) is 7. The number of hydrogen-bond donors (Lipinski definition) is 1. The monoisotopic (exact) mass is 536 g/mol. The highest BCUT2D eigenvalue weighted by Gasteiger charge is 2.35. The second kappa shape index (κ2) is 9.77. The van der Waals surface area contributed by atoms with Crippen molar-refractivity contribution in [2.45, 2.75) is 50.9 Å². The second-order valence-electron chi connectivity index (χ2n) is 9.13. The van der Waals surface area contributed by atoms with Crippen molar-refractivity contribution in [2.24, 2.45) is 5.16 Å². The van der Waals surface area contributed by atoms with Crippen LogP contribution in [0.25, 0.3) is 0 Å². The Morgan fingerprint density at radius 2 is 2.03 bits per heavy atom. The van der Waals surface area contributed by atoms with Crippen molar-refractivity contribution in [3.8, 4) is 0 Å². The summed E-state index contributed by atoms with van der Waals surface area (Å²) in [5.41, 5.74) is 7.09. The standard InChI is InChI=1S/C24H24F4N6O2S/c1-13-9-20(24(26,27)28)31-34(13)11-21(35)33-7-5-14(6-8-33)23-30-18(12-37-23)17-10-19(36-32-17)22-15(25)3-2-4-16(22)29/h2-4,9,12,14,19H,5-8,10-11,29H2,1H3. The van der Waals surface area contributed by atoms with Crippen molar-refractivity contribution >= 4 is 28.6 Å². The van der Waals surface area contributed by atoms with Crippen molar-refractivity contribution < 1.29 is 27.2 Å². The summed E-state index contributed by atoms with van der Waals surface area (Å²) >= 11 is 1.50. The van der Waals surface area contributed by atoms with Crippen LogP contribution >= 0.6 is 11.3 Å². The summed E-state index contributed by atoms with van der Waals surface area (Å²) in [7, 11) is 0. The summed E-state index contributed by atoms with van der Waals surface area (Å²) in [6, 6.07) is 5.43. The summed E-state index contributed by atoms with van der Waals surface area (Å²) in [4.78, 5) is 24.5. The average molecular weight is 537 g/mol. The molecule has 37 heavy (non-hydrogen) atoms. The maximum Gasteiger partial charge on any atom is 0.435 e. The molecule has 1 atom stereocenters. The van der Waals surface area contributed by atoms with E-state index in [1.807, 2.05) is 5.38 Å². The van der Waals surface area contributed by atoms with Crippen molar-refractivity contribution in [3.63, 3.8) is 0 Å². The number of nitrogens with zero attached hydrogens (tertiary/aromatic N) is 5. The highest BCUT2D eigenvalue weighted by Crippen LogP contribution is 2.36. The maximum absolute atomic E-state index is 14.3. The lowest BCUT2D eigenvalue weighted by Gasteiger charge is -2.31. The number of aromatic nitrogens is 3.